The van der Waals surface area contributed by atoms with Crippen LogP contribution in [0.15, 0.2) is 48.7 Å². The number of nitrogens with zero attached hydrogens (tertiary/aromatic N) is 3. The lowest BCUT2D eigenvalue weighted by atomic mass is 9.94. The van der Waals surface area contributed by atoms with E-state index in [-0.39, 0.29) is 17.9 Å². The molecule has 0 radical (unpaired) electrons. The van der Waals surface area contributed by atoms with Crippen molar-refractivity contribution < 1.29 is 9.59 Å². The molecule has 0 bridgehead atoms. The number of carbonyl (C=O) groups excluding carboxylic acids is 2. The second-order valence-corrected chi connectivity index (χ2v) is 8.99. The molecule has 1 aliphatic heterocycles. The number of benzene rings is 1. The van der Waals surface area contributed by atoms with Gasteiger partial charge in [-0.1, -0.05) is 37.1 Å². The lowest BCUT2D eigenvalue weighted by molar-refractivity contribution is -0.129. The van der Waals surface area contributed by atoms with Crippen LogP contribution in [0.1, 0.15) is 47.3 Å². The number of pyridine rings is 1. The first kappa shape index (κ1) is 22.5. The molecule has 1 saturated carbocycles. The molecule has 1 aromatic carbocycles. The molecule has 2 aromatic rings. The molecule has 32 heavy (non-hydrogen) atoms. The van der Waals surface area contributed by atoms with E-state index in [1.165, 1.54) is 12.8 Å². The molecule has 0 spiro atoms. The first-order chi connectivity index (χ1) is 15.6. The van der Waals surface area contributed by atoms with Crippen molar-refractivity contribution in [1.82, 2.24) is 20.1 Å². The molecule has 2 aliphatic rings. The van der Waals surface area contributed by atoms with Crippen molar-refractivity contribution in [3.63, 3.8) is 0 Å². The van der Waals surface area contributed by atoms with Gasteiger partial charge in [-0.05, 0) is 49.4 Å². The number of aryl methyl sites for hydroxylation is 1. The van der Waals surface area contributed by atoms with Crippen molar-refractivity contribution in [2.75, 3.05) is 32.7 Å². The Morgan fingerprint density at radius 3 is 2.44 bits per heavy atom. The Morgan fingerprint density at radius 1 is 1.03 bits per heavy atom. The fraction of sp³-hybridized carbons (Fsp3) is 0.500. The summed E-state index contributed by atoms with van der Waals surface area (Å²) >= 11 is 0. The molecular formula is C26H34N4O2. The third kappa shape index (κ3) is 5.36. The number of hydrogen-bond acceptors (Lipinski definition) is 4. The van der Waals surface area contributed by atoms with Crippen LogP contribution < -0.4 is 5.32 Å². The number of aromatic nitrogens is 1. The predicted molar refractivity (Wildman–Crippen MR) is 125 cm³/mol. The molecule has 1 aromatic heterocycles. The van der Waals surface area contributed by atoms with Crippen LogP contribution in [-0.4, -0.2) is 65.4 Å². The molecule has 4 rings (SSSR count). The third-order valence-electron chi connectivity index (χ3n) is 6.89. The van der Waals surface area contributed by atoms with E-state index in [9.17, 15) is 9.59 Å². The maximum Gasteiger partial charge on any atom is 0.254 e. The van der Waals surface area contributed by atoms with Crippen LogP contribution in [0.25, 0.3) is 0 Å². The lowest BCUT2D eigenvalue weighted by Crippen LogP contribution is -2.58. The SMILES string of the molecule is Cc1ccccc1C(=O)N1CCN(C(C(=O)NCCc2ccccn2)C2CCCC2)CC1. The highest BCUT2D eigenvalue weighted by Crippen LogP contribution is 2.31. The topological polar surface area (TPSA) is 65.5 Å². The summed E-state index contributed by atoms with van der Waals surface area (Å²) in [6.07, 6.45) is 7.16. The van der Waals surface area contributed by atoms with Crippen LogP contribution >= 0.6 is 0 Å². The Hall–Kier alpha value is -2.73. The minimum atomic E-state index is -0.100. The smallest absolute Gasteiger partial charge is 0.254 e. The van der Waals surface area contributed by atoms with E-state index in [0.717, 1.165) is 49.2 Å². The van der Waals surface area contributed by atoms with Gasteiger partial charge in [-0.15, -0.1) is 0 Å². The van der Waals surface area contributed by atoms with Crippen LogP contribution in [0.2, 0.25) is 0 Å². The lowest BCUT2D eigenvalue weighted by Gasteiger charge is -2.41. The quantitative estimate of drug-likeness (QED) is 0.727. The van der Waals surface area contributed by atoms with Gasteiger partial charge in [0.2, 0.25) is 5.91 Å². The van der Waals surface area contributed by atoms with Crippen LogP contribution in [0.4, 0.5) is 0 Å². The second-order valence-electron chi connectivity index (χ2n) is 8.99. The van der Waals surface area contributed by atoms with Crippen LogP contribution in [0, 0.1) is 12.8 Å². The zero-order valence-corrected chi connectivity index (χ0v) is 19.0. The Labute approximate surface area is 191 Å². The molecule has 2 amide bonds. The molecule has 1 saturated heterocycles. The number of amides is 2. The summed E-state index contributed by atoms with van der Waals surface area (Å²) in [5.74, 6) is 0.634. The highest BCUT2D eigenvalue weighted by atomic mass is 16.2. The fourth-order valence-corrected chi connectivity index (χ4v) is 5.10. The molecule has 1 atom stereocenters. The van der Waals surface area contributed by atoms with E-state index < -0.39 is 0 Å². The molecule has 1 unspecified atom stereocenters. The van der Waals surface area contributed by atoms with Crippen molar-refractivity contribution >= 4 is 11.8 Å². The minimum absolute atomic E-state index is 0.0972. The zero-order chi connectivity index (χ0) is 22.3. The Bertz CT molecular complexity index is 903. The van der Waals surface area contributed by atoms with Gasteiger partial charge in [0.25, 0.3) is 5.91 Å². The molecule has 170 valence electrons. The third-order valence-corrected chi connectivity index (χ3v) is 6.89. The van der Waals surface area contributed by atoms with E-state index in [0.29, 0.717) is 25.6 Å². The first-order valence-electron chi connectivity index (χ1n) is 11.9. The van der Waals surface area contributed by atoms with Crippen molar-refractivity contribution in [3.8, 4) is 0 Å². The number of hydrogen-bond donors (Lipinski definition) is 1. The summed E-state index contributed by atoms with van der Waals surface area (Å²) in [5, 5.41) is 3.17. The minimum Gasteiger partial charge on any atom is -0.354 e. The Balaban J connectivity index is 1.35. The van der Waals surface area contributed by atoms with E-state index in [1.54, 1.807) is 6.20 Å². The van der Waals surface area contributed by atoms with Crippen LogP contribution in [0.3, 0.4) is 0 Å². The van der Waals surface area contributed by atoms with Gasteiger partial charge >= 0.3 is 0 Å². The highest BCUT2D eigenvalue weighted by molar-refractivity contribution is 5.95. The Kier molecular flexibility index (Phi) is 7.53. The molecule has 6 heteroatoms. The number of piperazine rings is 1. The zero-order valence-electron chi connectivity index (χ0n) is 19.0. The maximum atomic E-state index is 13.2. The van der Waals surface area contributed by atoms with E-state index >= 15 is 0 Å². The normalized spacial score (nSPS) is 18.5. The van der Waals surface area contributed by atoms with Crippen molar-refractivity contribution in [2.24, 2.45) is 5.92 Å². The van der Waals surface area contributed by atoms with E-state index in [4.69, 9.17) is 0 Å². The average Bonchev–Trinajstić information content (AvgIpc) is 3.35. The molecule has 2 heterocycles. The fourth-order valence-electron chi connectivity index (χ4n) is 5.10. The summed E-state index contributed by atoms with van der Waals surface area (Å²) in [4.78, 5) is 34.8. The van der Waals surface area contributed by atoms with Gasteiger partial charge in [-0.25, -0.2) is 0 Å². The number of nitrogens with one attached hydrogen (secondary N) is 1. The largest absolute Gasteiger partial charge is 0.354 e. The molecule has 1 N–H and O–H groups in total. The van der Waals surface area contributed by atoms with Gasteiger partial charge in [0.1, 0.15) is 0 Å². The van der Waals surface area contributed by atoms with Gasteiger partial charge < -0.3 is 10.2 Å². The van der Waals surface area contributed by atoms with Crippen LogP contribution in [0.5, 0.6) is 0 Å². The second kappa shape index (κ2) is 10.7. The Morgan fingerprint density at radius 2 is 1.75 bits per heavy atom. The average molecular weight is 435 g/mol. The standard InChI is InChI=1S/C26H34N4O2/c1-20-8-2-5-12-23(20)26(32)30-18-16-29(17-19-30)24(21-9-3-4-10-21)25(31)28-15-13-22-11-6-7-14-27-22/h2,5-8,11-12,14,21,24H,3-4,9-10,13,15-19H2,1H3,(H,28,31). The van der Waals surface area contributed by atoms with Gasteiger partial charge in [0.15, 0.2) is 0 Å². The first-order valence-corrected chi connectivity index (χ1v) is 11.9. The highest BCUT2D eigenvalue weighted by Gasteiger charge is 2.37. The molecule has 2 fully saturated rings. The van der Waals surface area contributed by atoms with Gasteiger partial charge in [0.05, 0.1) is 6.04 Å². The van der Waals surface area contributed by atoms with Gasteiger partial charge in [-0.2, -0.15) is 0 Å². The maximum absolute atomic E-state index is 13.2. The monoisotopic (exact) mass is 434 g/mol. The van der Waals surface area contributed by atoms with Gasteiger partial charge in [-0.3, -0.25) is 19.5 Å². The van der Waals surface area contributed by atoms with E-state index in [1.807, 2.05) is 54.3 Å². The van der Waals surface area contributed by atoms with E-state index in [2.05, 4.69) is 15.2 Å². The summed E-state index contributed by atoms with van der Waals surface area (Å²) in [5.41, 5.74) is 2.78. The van der Waals surface area contributed by atoms with Crippen molar-refractivity contribution in [2.45, 2.75) is 45.1 Å². The molecule has 6 nitrogen and oxygen atoms in total. The summed E-state index contributed by atoms with van der Waals surface area (Å²) in [6.45, 7) is 5.40. The summed E-state index contributed by atoms with van der Waals surface area (Å²) in [6, 6.07) is 13.5. The van der Waals surface area contributed by atoms with Gasteiger partial charge in [0, 0.05) is 56.6 Å². The summed E-state index contributed by atoms with van der Waals surface area (Å²) < 4.78 is 0. The molecular weight excluding hydrogens is 400 g/mol. The summed E-state index contributed by atoms with van der Waals surface area (Å²) in [7, 11) is 0. The van der Waals surface area contributed by atoms with Crippen molar-refractivity contribution in [1.29, 1.82) is 0 Å². The van der Waals surface area contributed by atoms with Crippen molar-refractivity contribution in [3.05, 3.63) is 65.5 Å². The number of carbonyl (C=O) groups is 2. The number of rotatable bonds is 7. The predicted octanol–water partition coefficient (Wildman–Crippen LogP) is 3.07. The van der Waals surface area contributed by atoms with Crippen LogP contribution in [-0.2, 0) is 11.2 Å². The molecule has 1 aliphatic carbocycles.